The van der Waals surface area contributed by atoms with Crippen molar-refractivity contribution in [1.29, 1.82) is 0 Å². The summed E-state index contributed by atoms with van der Waals surface area (Å²) in [6.45, 7) is 5.28. The van der Waals surface area contributed by atoms with E-state index in [1.54, 1.807) is 62.4 Å². The molecule has 2 aromatic carbocycles. The highest BCUT2D eigenvalue weighted by Gasteiger charge is 2.48. The van der Waals surface area contributed by atoms with Crippen LogP contribution in [0.5, 0.6) is 0 Å². The predicted octanol–water partition coefficient (Wildman–Crippen LogP) is 5.47. The van der Waals surface area contributed by atoms with E-state index < -0.39 is 57.7 Å². The second-order valence-electron chi connectivity index (χ2n) is 9.05. The fourth-order valence-electron chi connectivity index (χ4n) is 4.48. The van der Waals surface area contributed by atoms with Crippen LogP contribution in [-0.2, 0) is 24.2 Å². The summed E-state index contributed by atoms with van der Waals surface area (Å²) in [5, 5.41) is 9.87. The number of nitrogens with zero attached hydrogens (tertiary/aromatic N) is 1. The average Bonchev–Trinajstić information content (AvgIpc) is 2.83. The van der Waals surface area contributed by atoms with Gasteiger partial charge in [-0.05, 0) is 55.2 Å². The number of carboxylic acid groups (broad SMARTS) is 1. The standard InChI is InChI=1S/C26H31Cl2NO6S/c1-4-16(3)36(33,34)15-21(5-2)29-24(17-9-11-19(27)12-10-17)25(18-7-6-8-20(28)13-18)35-22(26(29)32)14-23(30)31/h6-13,16,21-22,24-25H,4-5,14-15H2,1-3H3,(H,30,31)/t16-,21+,22-,24-,25-/m1/s1. The molecule has 0 saturated carbocycles. The highest BCUT2D eigenvalue weighted by molar-refractivity contribution is 7.92. The minimum Gasteiger partial charge on any atom is -0.481 e. The normalized spacial score (nSPS) is 22.3. The summed E-state index contributed by atoms with van der Waals surface area (Å²) >= 11 is 12.4. The number of carbonyl (C=O) groups is 2. The maximum atomic E-state index is 13.8. The minimum atomic E-state index is -3.53. The number of ether oxygens (including phenoxy) is 1. The third-order valence-electron chi connectivity index (χ3n) is 6.65. The monoisotopic (exact) mass is 555 g/mol. The fourth-order valence-corrected chi connectivity index (χ4v) is 6.57. The number of benzene rings is 2. The summed E-state index contributed by atoms with van der Waals surface area (Å²) in [6, 6.07) is 12.4. The van der Waals surface area contributed by atoms with Crippen LogP contribution in [-0.4, -0.2) is 53.4 Å². The zero-order chi connectivity index (χ0) is 26.6. The van der Waals surface area contributed by atoms with Gasteiger partial charge in [-0.1, -0.05) is 61.3 Å². The number of carbonyl (C=O) groups excluding carboxylic acids is 1. The number of amides is 1. The molecule has 0 aromatic heterocycles. The Bertz CT molecular complexity index is 1190. The SMILES string of the molecule is CC[C@@H](CS(=O)(=O)[C@H](C)CC)N1C(=O)[C@@H](CC(=O)O)O[C@H](c2cccc(Cl)c2)[C@H]1c1ccc(Cl)cc1. The molecule has 36 heavy (non-hydrogen) atoms. The molecule has 7 nitrogen and oxygen atoms in total. The molecule has 1 saturated heterocycles. The molecule has 3 rings (SSSR count). The molecule has 0 bridgehead atoms. The Morgan fingerprint density at radius 2 is 1.72 bits per heavy atom. The maximum Gasteiger partial charge on any atom is 0.306 e. The Morgan fingerprint density at radius 3 is 2.28 bits per heavy atom. The quantitative estimate of drug-likeness (QED) is 0.417. The van der Waals surface area contributed by atoms with Crippen molar-refractivity contribution in [2.24, 2.45) is 0 Å². The first-order valence-corrected chi connectivity index (χ1v) is 14.4. The van der Waals surface area contributed by atoms with E-state index in [4.69, 9.17) is 27.9 Å². The van der Waals surface area contributed by atoms with Gasteiger partial charge in [-0.2, -0.15) is 0 Å². The smallest absolute Gasteiger partial charge is 0.306 e. The lowest BCUT2D eigenvalue weighted by molar-refractivity contribution is -0.182. The molecule has 1 fully saturated rings. The van der Waals surface area contributed by atoms with E-state index in [0.717, 1.165) is 0 Å². The van der Waals surface area contributed by atoms with Crippen LogP contribution in [0.2, 0.25) is 10.0 Å². The van der Waals surface area contributed by atoms with Crippen LogP contribution in [0.1, 0.15) is 63.3 Å². The lowest BCUT2D eigenvalue weighted by Crippen LogP contribution is -2.56. The molecule has 10 heteroatoms. The first-order chi connectivity index (χ1) is 17.0. The van der Waals surface area contributed by atoms with Gasteiger partial charge >= 0.3 is 5.97 Å². The van der Waals surface area contributed by atoms with Crippen molar-refractivity contribution in [3.63, 3.8) is 0 Å². The molecule has 0 aliphatic carbocycles. The number of halogens is 2. The number of hydrogen-bond donors (Lipinski definition) is 1. The predicted molar refractivity (Wildman–Crippen MR) is 140 cm³/mol. The molecule has 5 atom stereocenters. The average molecular weight is 557 g/mol. The topological polar surface area (TPSA) is 101 Å². The van der Waals surface area contributed by atoms with E-state index in [-0.39, 0.29) is 5.75 Å². The highest BCUT2D eigenvalue weighted by atomic mass is 35.5. The lowest BCUT2D eigenvalue weighted by Gasteiger charge is -2.48. The molecule has 1 aliphatic heterocycles. The third-order valence-corrected chi connectivity index (χ3v) is 9.55. The Kier molecular flexibility index (Phi) is 9.44. The molecule has 0 unspecified atom stereocenters. The number of sulfone groups is 1. The van der Waals surface area contributed by atoms with Crippen molar-refractivity contribution < 1.29 is 27.9 Å². The summed E-state index contributed by atoms with van der Waals surface area (Å²) in [5.74, 6) is -1.98. The van der Waals surface area contributed by atoms with Crippen molar-refractivity contribution in [2.45, 2.75) is 69.6 Å². The van der Waals surface area contributed by atoms with Crippen molar-refractivity contribution in [2.75, 3.05) is 5.75 Å². The van der Waals surface area contributed by atoms with Gasteiger partial charge in [0.15, 0.2) is 9.84 Å². The lowest BCUT2D eigenvalue weighted by atomic mass is 9.89. The van der Waals surface area contributed by atoms with E-state index in [2.05, 4.69) is 0 Å². The molecule has 0 radical (unpaired) electrons. The third kappa shape index (κ3) is 6.40. The van der Waals surface area contributed by atoms with Crippen molar-refractivity contribution >= 4 is 44.9 Å². The van der Waals surface area contributed by atoms with Gasteiger partial charge in [0.25, 0.3) is 5.91 Å². The molecule has 1 heterocycles. The number of aliphatic carboxylic acids is 1. The highest BCUT2D eigenvalue weighted by Crippen LogP contribution is 2.44. The van der Waals surface area contributed by atoms with E-state index >= 15 is 0 Å². The second-order valence-corrected chi connectivity index (χ2v) is 12.4. The van der Waals surface area contributed by atoms with Crippen molar-refractivity contribution in [3.8, 4) is 0 Å². The Morgan fingerprint density at radius 1 is 1.06 bits per heavy atom. The van der Waals surface area contributed by atoms with Gasteiger partial charge in [-0.3, -0.25) is 9.59 Å². The van der Waals surface area contributed by atoms with Crippen LogP contribution < -0.4 is 0 Å². The van der Waals surface area contributed by atoms with Crippen LogP contribution >= 0.6 is 23.2 Å². The van der Waals surface area contributed by atoms with Crippen LogP contribution in [0.4, 0.5) is 0 Å². The fraction of sp³-hybridized carbons (Fsp3) is 0.462. The van der Waals surface area contributed by atoms with Crippen LogP contribution in [0.25, 0.3) is 0 Å². The maximum absolute atomic E-state index is 13.8. The molecule has 196 valence electrons. The molecular formula is C26H31Cl2NO6S. The summed E-state index contributed by atoms with van der Waals surface area (Å²) in [6.07, 6.45) is -1.81. The Balaban J connectivity index is 2.20. The van der Waals surface area contributed by atoms with Gasteiger partial charge < -0.3 is 14.7 Å². The van der Waals surface area contributed by atoms with E-state index in [0.29, 0.717) is 34.0 Å². The van der Waals surface area contributed by atoms with Crippen LogP contribution in [0.15, 0.2) is 48.5 Å². The van der Waals surface area contributed by atoms with E-state index in [1.807, 2.05) is 6.92 Å². The van der Waals surface area contributed by atoms with Gasteiger partial charge in [0.1, 0.15) is 12.2 Å². The van der Waals surface area contributed by atoms with E-state index in [9.17, 15) is 23.1 Å². The summed E-state index contributed by atoms with van der Waals surface area (Å²) in [5.41, 5.74) is 1.33. The molecule has 2 aromatic rings. The Labute approximate surface area is 222 Å². The number of hydrogen-bond acceptors (Lipinski definition) is 5. The van der Waals surface area contributed by atoms with Crippen LogP contribution in [0.3, 0.4) is 0 Å². The van der Waals surface area contributed by atoms with Crippen molar-refractivity contribution in [1.82, 2.24) is 4.90 Å². The molecule has 1 aliphatic rings. The first kappa shape index (κ1) is 28.4. The second kappa shape index (κ2) is 11.9. The number of morpholine rings is 1. The van der Waals surface area contributed by atoms with Crippen molar-refractivity contribution in [3.05, 3.63) is 69.7 Å². The largest absolute Gasteiger partial charge is 0.481 e. The zero-order valence-electron chi connectivity index (χ0n) is 20.4. The minimum absolute atomic E-state index is 0.240. The van der Waals surface area contributed by atoms with Gasteiger partial charge in [-0.15, -0.1) is 0 Å². The van der Waals surface area contributed by atoms with Crippen LogP contribution in [0, 0.1) is 0 Å². The van der Waals surface area contributed by atoms with Gasteiger partial charge in [0, 0.05) is 16.1 Å². The van der Waals surface area contributed by atoms with Gasteiger partial charge in [-0.25, -0.2) is 8.42 Å². The summed E-state index contributed by atoms with van der Waals surface area (Å²) < 4.78 is 32.4. The molecule has 1 N–H and O–H groups in total. The van der Waals surface area contributed by atoms with Gasteiger partial charge in [0.05, 0.1) is 23.5 Å². The summed E-state index contributed by atoms with van der Waals surface area (Å²) in [7, 11) is -3.53. The number of carboxylic acids is 1. The van der Waals surface area contributed by atoms with Gasteiger partial charge in [0.2, 0.25) is 0 Å². The number of rotatable bonds is 10. The molecule has 0 spiro atoms. The Hall–Kier alpha value is -2.13. The van der Waals surface area contributed by atoms with E-state index in [1.165, 1.54) is 4.90 Å². The zero-order valence-corrected chi connectivity index (χ0v) is 22.8. The first-order valence-electron chi connectivity index (χ1n) is 11.9. The summed E-state index contributed by atoms with van der Waals surface area (Å²) in [4.78, 5) is 26.9. The molecule has 1 amide bonds. The molecular weight excluding hydrogens is 525 g/mol.